The monoisotopic (exact) mass is 201 g/mol. The van der Waals surface area contributed by atoms with Crippen LogP contribution in [0.3, 0.4) is 0 Å². The van der Waals surface area contributed by atoms with Crippen molar-refractivity contribution in [3.05, 3.63) is 5.89 Å². The molecule has 0 spiro atoms. The molecule has 4 nitrogen and oxygen atoms in total. The molecular weight excluding hydrogens is 190 g/mol. The topological polar surface area (TPSA) is 42.2 Å². The number of nitrogens with zero attached hydrogens (tertiary/aromatic N) is 3. The van der Waals surface area contributed by atoms with Crippen molar-refractivity contribution in [2.45, 2.75) is 19.3 Å². The maximum Gasteiger partial charge on any atom is 0.266 e. The van der Waals surface area contributed by atoms with Gasteiger partial charge in [0.2, 0.25) is 5.89 Å². The van der Waals surface area contributed by atoms with Crippen LogP contribution in [0.25, 0.3) is 0 Å². The number of rotatable bonds is 3. The number of anilines is 1. The van der Waals surface area contributed by atoms with E-state index in [9.17, 15) is 0 Å². The Balaban J connectivity index is 2.03. The molecule has 0 atom stereocenters. The summed E-state index contributed by atoms with van der Waals surface area (Å²) in [5.41, 5.74) is 0. The predicted octanol–water partition coefficient (Wildman–Crippen LogP) is 1.45. The molecule has 72 valence electrons. The van der Waals surface area contributed by atoms with Gasteiger partial charge in [-0.2, -0.15) is 4.98 Å². The minimum atomic E-state index is 0.529. The van der Waals surface area contributed by atoms with Crippen molar-refractivity contribution in [2.24, 2.45) is 0 Å². The smallest absolute Gasteiger partial charge is 0.266 e. The fourth-order valence-electron chi connectivity index (χ4n) is 1.47. The Hall–Kier alpha value is -0.770. The normalized spacial score (nSPS) is 16.8. The Morgan fingerprint density at radius 3 is 2.85 bits per heavy atom. The third-order valence-electron chi connectivity index (χ3n) is 2.15. The van der Waals surface area contributed by atoms with Gasteiger partial charge in [-0.05, 0) is 18.0 Å². The predicted molar refractivity (Wildman–Crippen MR) is 50.2 cm³/mol. The lowest BCUT2D eigenvalue weighted by Crippen LogP contribution is -2.18. The van der Waals surface area contributed by atoms with Gasteiger partial charge in [0, 0.05) is 25.4 Å². The first-order valence-corrected chi connectivity index (χ1v) is 5.07. The van der Waals surface area contributed by atoms with Crippen LogP contribution >= 0.6 is 11.6 Å². The maximum absolute atomic E-state index is 5.56. The number of hydrogen-bond donors (Lipinski definition) is 0. The highest BCUT2D eigenvalue weighted by molar-refractivity contribution is 6.17. The molecule has 0 N–H and O–H groups in total. The number of hydrogen-bond acceptors (Lipinski definition) is 4. The van der Waals surface area contributed by atoms with Crippen LogP contribution in [0.4, 0.5) is 5.95 Å². The van der Waals surface area contributed by atoms with Gasteiger partial charge in [-0.3, -0.25) is 0 Å². The van der Waals surface area contributed by atoms with Gasteiger partial charge in [0.25, 0.3) is 5.95 Å². The van der Waals surface area contributed by atoms with Gasteiger partial charge in [0.05, 0.1) is 0 Å². The summed E-state index contributed by atoms with van der Waals surface area (Å²) in [4.78, 5) is 6.39. The zero-order chi connectivity index (χ0) is 9.10. The Bertz CT molecular complexity index is 270. The third-order valence-corrected chi connectivity index (χ3v) is 2.34. The zero-order valence-electron chi connectivity index (χ0n) is 7.37. The minimum Gasteiger partial charge on any atom is -0.338 e. The molecule has 13 heavy (non-hydrogen) atoms. The Kier molecular flexibility index (Phi) is 2.68. The zero-order valence-corrected chi connectivity index (χ0v) is 8.13. The van der Waals surface area contributed by atoms with E-state index in [0.717, 1.165) is 19.0 Å². The summed E-state index contributed by atoms with van der Waals surface area (Å²) in [6.07, 6.45) is 3.10. The van der Waals surface area contributed by atoms with Crippen LogP contribution in [0, 0.1) is 0 Å². The maximum atomic E-state index is 5.56. The molecule has 2 heterocycles. The second kappa shape index (κ2) is 3.96. The van der Waals surface area contributed by atoms with Crippen molar-refractivity contribution in [2.75, 3.05) is 23.9 Å². The Morgan fingerprint density at radius 2 is 2.15 bits per heavy atom. The molecule has 1 aliphatic rings. The molecule has 0 unspecified atom stereocenters. The average molecular weight is 202 g/mol. The fraction of sp³-hybridized carbons (Fsp3) is 0.750. The molecule has 0 radical (unpaired) electrons. The van der Waals surface area contributed by atoms with Gasteiger partial charge in [-0.15, -0.1) is 11.6 Å². The van der Waals surface area contributed by atoms with Crippen LogP contribution in [0.1, 0.15) is 18.7 Å². The van der Waals surface area contributed by atoms with E-state index in [1.54, 1.807) is 0 Å². The summed E-state index contributed by atoms with van der Waals surface area (Å²) in [5, 5.41) is 3.90. The second-order valence-corrected chi connectivity index (χ2v) is 3.50. The van der Waals surface area contributed by atoms with Crippen molar-refractivity contribution in [1.82, 2.24) is 10.1 Å². The van der Waals surface area contributed by atoms with Gasteiger partial charge >= 0.3 is 0 Å². The van der Waals surface area contributed by atoms with Crippen LogP contribution in [0.15, 0.2) is 4.52 Å². The summed E-state index contributed by atoms with van der Waals surface area (Å²) in [7, 11) is 0. The van der Waals surface area contributed by atoms with E-state index >= 15 is 0 Å². The molecule has 5 heteroatoms. The highest BCUT2D eigenvalue weighted by atomic mass is 35.5. The van der Waals surface area contributed by atoms with Crippen molar-refractivity contribution in [3.8, 4) is 0 Å². The summed E-state index contributed by atoms with van der Waals surface area (Å²) >= 11 is 5.56. The molecular formula is C8H12ClN3O. The van der Waals surface area contributed by atoms with Gasteiger partial charge in [0.15, 0.2) is 0 Å². The standard InChI is InChI=1S/C8H12ClN3O/c9-4-3-7-10-8(11-13-7)12-5-1-2-6-12/h1-6H2. The van der Waals surface area contributed by atoms with E-state index < -0.39 is 0 Å². The SMILES string of the molecule is ClCCc1nc(N2CCCC2)no1. The van der Waals surface area contributed by atoms with Gasteiger partial charge < -0.3 is 9.42 Å². The molecule has 1 aliphatic heterocycles. The van der Waals surface area contributed by atoms with Crippen molar-refractivity contribution in [1.29, 1.82) is 0 Å². The third kappa shape index (κ3) is 1.94. The number of alkyl halides is 1. The van der Waals surface area contributed by atoms with Crippen LogP contribution in [0.5, 0.6) is 0 Å². The van der Waals surface area contributed by atoms with Crippen LogP contribution in [-0.4, -0.2) is 29.1 Å². The van der Waals surface area contributed by atoms with Gasteiger partial charge in [0.1, 0.15) is 0 Å². The molecule has 0 saturated carbocycles. The lowest BCUT2D eigenvalue weighted by molar-refractivity contribution is 0.382. The van der Waals surface area contributed by atoms with Crippen molar-refractivity contribution in [3.63, 3.8) is 0 Å². The molecule has 0 aliphatic carbocycles. The van der Waals surface area contributed by atoms with Crippen LogP contribution < -0.4 is 4.90 Å². The molecule has 0 aromatic carbocycles. The average Bonchev–Trinajstić information content (AvgIpc) is 2.70. The number of aryl methyl sites for hydroxylation is 1. The minimum absolute atomic E-state index is 0.529. The summed E-state index contributed by atoms with van der Waals surface area (Å²) in [6, 6.07) is 0. The number of halogens is 1. The molecule has 1 fully saturated rings. The Labute approximate surface area is 81.9 Å². The van der Waals surface area contributed by atoms with Gasteiger partial charge in [-0.25, -0.2) is 0 Å². The largest absolute Gasteiger partial charge is 0.338 e. The molecule has 1 aromatic heterocycles. The quantitative estimate of drug-likeness (QED) is 0.695. The van der Waals surface area contributed by atoms with Crippen molar-refractivity contribution >= 4 is 17.5 Å². The van der Waals surface area contributed by atoms with E-state index in [4.69, 9.17) is 16.1 Å². The lowest BCUT2D eigenvalue weighted by atomic mass is 10.4. The fourth-order valence-corrected chi connectivity index (χ4v) is 1.64. The first kappa shape index (κ1) is 8.81. The highest BCUT2D eigenvalue weighted by Gasteiger charge is 2.17. The molecule has 2 rings (SSSR count). The van der Waals surface area contributed by atoms with Crippen LogP contribution in [-0.2, 0) is 6.42 Å². The van der Waals surface area contributed by atoms with Crippen molar-refractivity contribution < 1.29 is 4.52 Å². The van der Waals surface area contributed by atoms with E-state index in [2.05, 4.69) is 15.0 Å². The lowest BCUT2D eigenvalue weighted by Gasteiger charge is -2.09. The molecule has 1 saturated heterocycles. The molecule has 1 aromatic rings. The second-order valence-electron chi connectivity index (χ2n) is 3.12. The Morgan fingerprint density at radius 1 is 1.38 bits per heavy atom. The highest BCUT2D eigenvalue weighted by Crippen LogP contribution is 2.16. The summed E-state index contributed by atoms with van der Waals surface area (Å²) < 4.78 is 5.03. The van der Waals surface area contributed by atoms with E-state index in [1.807, 2.05) is 0 Å². The van der Waals surface area contributed by atoms with E-state index in [-0.39, 0.29) is 0 Å². The number of aromatic nitrogens is 2. The summed E-state index contributed by atoms with van der Waals surface area (Å²) in [6.45, 7) is 2.08. The van der Waals surface area contributed by atoms with Gasteiger partial charge in [-0.1, -0.05) is 0 Å². The summed E-state index contributed by atoms with van der Waals surface area (Å²) in [5.74, 6) is 1.89. The first-order valence-electron chi connectivity index (χ1n) is 4.53. The van der Waals surface area contributed by atoms with E-state index in [0.29, 0.717) is 18.2 Å². The van der Waals surface area contributed by atoms with Crippen LogP contribution in [0.2, 0.25) is 0 Å². The first-order chi connectivity index (χ1) is 6.40. The molecule has 0 amide bonds. The molecule has 0 bridgehead atoms. The van der Waals surface area contributed by atoms with E-state index in [1.165, 1.54) is 12.8 Å².